The number of nitrogens with one attached hydrogen (secondary N) is 1. The fourth-order valence-corrected chi connectivity index (χ4v) is 2.77. The lowest BCUT2D eigenvalue weighted by molar-refractivity contribution is 0.131. The molecule has 4 heteroatoms. The Labute approximate surface area is 117 Å². The quantitative estimate of drug-likeness (QED) is 0.922. The van der Waals surface area contributed by atoms with E-state index in [-0.39, 0.29) is 5.82 Å². The summed E-state index contributed by atoms with van der Waals surface area (Å²) >= 11 is 3.34. The van der Waals surface area contributed by atoms with Crippen LogP contribution in [-0.4, -0.2) is 30.1 Å². The molecule has 1 fully saturated rings. The lowest BCUT2D eigenvalue weighted by Crippen LogP contribution is -2.54. The normalized spacial score (nSPS) is 25.3. The molecule has 0 radical (unpaired) electrons. The van der Waals surface area contributed by atoms with Gasteiger partial charge in [0.05, 0.1) is 4.47 Å². The SMILES string of the molecule is CCC1CN(Cc2cccc(F)c2Br)C(C)CN1. The Kier molecular flexibility index (Phi) is 4.76. The minimum atomic E-state index is -0.178. The minimum absolute atomic E-state index is 0.178. The van der Waals surface area contributed by atoms with E-state index < -0.39 is 0 Å². The number of nitrogens with zero attached hydrogens (tertiary/aromatic N) is 1. The largest absolute Gasteiger partial charge is 0.311 e. The molecule has 1 N–H and O–H groups in total. The van der Waals surface area contributed by atoms with Crippen LogP contribution >= 0.6 is 15.9 Å². The molecule has 18 heavy (non-hydrogen) atoms. The van der Waals surface area contributed by atoms with Crippen LogP contribution in [0.25, 0.3) is 0 Å². The smallest absolute Gasteiger partial charge is 0.137 e. The topological polar surface area (TPSA) is 15.3 Å². The van der Waals surface area contributed by atoms with Gasteiger partial charge in [-0.2, -0.15) is 0 Å². The van der Waals surface area contributed by atoms with E-state index in [0.29, 0.717) is 16.6 Å². The monoisotopic (exact) mass is 314 g/mol. The van der Waals surface area contributed by atoms with Crippen LogP contribution in [0.1, 0.15) is 25.8 Å². The molecule has 1 aliphatic rings. The van der Waals surface area contributed by atoms with Crippen LogP contribution in [-0.2, 0) is 6.54 Å². The van der Waals surface area contributed by atoms with E-state index in [2.05, 4.69) is 40.0 Å². The molecule has 100 valence electrons. The van der Waals surface area contributed by atoms with E-state index in [4.69, 9.17) is 0 Å². The molecule has 1 heterocycles. The predicted molar refractivity (Wildman–Crippen MR) is 76.1 cm³/mol. The van der Waals surface area contributed by atoms with Crippen molar-refractivity contribution in [1.82, 2.24) is 10.2 Å². The molecule has 0 aliphatic carbocycles. The van der Waals surface area contributed by atoms with Crippen molar-refractivity contribution in [3.05, 3.63) is 34.1 Å². The van der Waals surface area contributed by atoms with Crippen LogP contribution in [0.3, 0.4) is 0 Å². The van der Waals surface area contributed by atoms with Crippen LogP contribution in [0.5, 0.6) is 0 Å². The van der Waals surface area contributed by atoms with E-state index in [1.165, 1.54) is 6.07 Å². The summed E-state index contributed by atoms with van der Waals surface area (Å²) in [4.78, 5) is 2.42. The number of halogens is 2. The predicted octanol–water partition coefficient (Wildman–Crippen LogP) is 3.16. The summed E-state index contributed by atoms with van der Waals surface area (Å²) in [6, 6.07) is 6.29. The maximum absolute atomic E-state index is 13.5. The second kappa shape index (κ2) is 6.13. The fraction of sp³-hybridized carbons (Fsp3) is 0.571. The Balaban J connectivity index is 2.09. The summed E-state index contributed by atoms with van der Waals surface area (Å²) in [5, 5.41) is 3.53. The summed E-state index contributed by atoms with van der Waals surface area (Å²) < 4.78 is 14.1. The van der Waals surface area contributed by atoms with Crippen LogP contribution in [0.2, 0.25) is 0 Å². The second-order valence-corrected chi connectivity index (χ2v) is 5.80. The van der Waals surface area contributed by atoms with E-state index in [0.717, 1.165) is 31.6 Å². The second-order valence-electron chi connectivity index (χ2n) is 5.00. The van der Waals surface area contributed by atoms with Gasteiger partial charge in [0.1, 0.15) is 5.82 Å². The number of hydrogen-bond donors (Lipinski definition) is 1. The molecule has 1 saturated heterocycles. The summed E-state index contributed by atoms with van der Waals surface area (Å²) in [6.45, 7) is 7.25. The number of rotatable bonds is 3. The Morgan fingerprint density at radius 2 is 2.28 bits per heavy atom. The third-order valence-corrected chi connectivity index (χ3v) is 4.57. The molecule has 2 rings (SSSR count). The maximum Gasteiger partial charge on any atom is 0.137 e. The Morgan fingerprint density at radius 1 is 1.50 bits per heavy atom. The Bertz CT molecular complexity index is 411. The lowest BCUT2D eigenvalue weighted by Gasteiger charge is -2.38. The van der Waals surface area contributed by atoms with Crippen molar-refractivity contribution in [2.75, 3.05) is 13.1 Å². The molecule has 0 bridgehead atoms. The highest BCUT2D eigenvalue weighted by molar-refractivity contribution is 9.10. The Morgan fingerprint density at radius 3 is 3.00 bits per heavy atom. The molecule has 0 aromatic heterocycles. The third-order valence-electron chi connectivity index (χ3n) is 3.68. The van der Waals surface area contributed by atoms with E-state index in [1.807, 2.05) is 6.07 Å². The van der Waals surface area contributed by atoms with Gasteiger partial charge < -0.3 is 5.32 Å². The zero-order valence-electron chi connectivity index (χ0n) is 10.9. The third kappa shape index (κ3) is 3.11. The first-order chi connectivity index (χ1) is 8.61. The van der Waals surface area contributed by atoms with Gasteiger partial charge in [-0.25, -0.2) is 4.39 Å². The molecule has 2 unspecified atom stereocenters. The number of piperazine rings is 1. The molecule has 1 aromatic carbocycles. The van der Waals surface area contributed by atoms with Gasteiger partial charge in [-0.15, -0.1) is 0 Å². The number of benzene rings is 1. The van der Waals surface area contributed by atoms with Crippen molar-refractivity contribution >= 4 is 15.9 Å². The van der Waals surface area contributed by atoms with Gasteiger partial charge in [-0.1, -0.05) is 19.1 Å². The minimum Gasteiger partial charge on any atom is -0.311 e. The molecule has 0 spiro atoms. The van der Waals surface area contributed by atoms with Crippen molar-refractivity contribution in [3.63, 3.8) is 0 Å². The van der Waals surface area contributed by atoms with Crippen molar-refractivity contribution in [2.45, 2.75) is 38.9 Å². The highest BCUT2D eigenvalue weighted by atomic mass is 79.9. The highest BCUT2D eigenvalue weighted by Crippen LogP contribution is 2.23. The molecule has 0 amide bonds. The van der Waals surface area contributed by atoms with Gasteiger partial charge in [0.25, 0.3) is 0 Å². The van der Waals surface area contributed by atoms with Gasteiger partial charge in [0, 0.05) is 31.7 Å². The molecular weight excluding hydrogens is 295 g/mol. The van der Waals surface area contributed by atoms with Crippen molar-refractivity contribution in [1.29, 1.82) is 0 Å². The summed E-state index contributed by atoms with van der Waals surface area (Å²) in [6.07, 6.45) is 1.13. The first kappa shape index (κ1) is 14.0. The fourth-order valence-electron chi connectivity index (χ4n) is 2.38. The van der Waals surface area contributed by atoms with Gasteiger partial charge in [0.15, 0.2) is 0 Å². The van der Waals surface area contributed by atoms with Crippen molar-refractivity contribution in [3.8, 4) is 0 Å². The van der Waals surface area contributed by atoms with E-state index >= 15 is 0 Å². The molecule has 2 atom stereocenters. The van der Waals surface area contributed by atoms with Gasteiger partial charge in [-0.3, -0.25) is 4.90 Å². The van der Waals surface area contributed by atoms with Crippen molar-refractivity contribution in [2.24, 2.45) is 0 Å². The zero-order chi connectivity index (χ0) is 13.1. The number of hydrogen-bond acceptors (Lipinski definition) is 2. The van der Waals surface area contributed by atoms with Crippen LogP contribution < -0.4 is 5.32 Å². The Hall–Kier alpha value is -0.450. The van der Waals surface area contributed by atoms with Crippen LogP contribution in [0, 0.1) is 5.82 Å². The first-order valence-corrected chi connectivity index (χ1v) is 7.31. The summed E-state index contributed by atoms with van der Waals surface area (Å²) in [5.41, 5.74) is 1.03. The molecule has 2 nitrogen and oxygen atoms in total. The summed E-state index contributed by atoms with van der Waals surface area (Å²) in [7, 11) is 0. The lowest BCUT2D eigenvalue weighted by atomic mass is 10.1. The van der Waals surface area contributed by atoms with Crippen molar-refractivity contribution < 1.29 is 4.39 Å². The van der Waals surface area contributed by atoms with E-state index in [1.54, 1.807) is 6.07 Å². The first-order valence-electron chi connectivity index (χ1n) is 6.52. The van der Waals surface area contributed by atoms with Gasteiger partial charge >= 0.3 is 0 Å². The molecule has 1 aromatic rings. The average molecular weight is 315 g/mol. The molecule has 0 saturated carbocycles. The van der Waals surface area contributed by atoms with Crippen LogP contribution in [0.4, 0.5) is 4.39 Å². The zero-order valence-corrected chi connectivity index (χ0v) is 12.5. The highest BCUT2D eigenvalue weighted by Gasteiger charge is 2.24. The summed E-state index contributed by atoms with van der Waals surface area (Å²) in [5.74, 6) is -0.178. The van der Waals surface area contributed by atoms with E-state index in [9.17, 15) is 4.39 Å². The maximum atomic E-state index is 13.5. The van der Waals surface area contributed by atoms with Gasteiger partial charge in [0.2, 0.25) is 0 Å². The molecule has 1 aliphatic heterocycles. The van der Waals surface area contributed by atoms with Gasteiger partial charge in [-0.05, 0) is 40.9 Å². The standard InChI is InChI=1S/C14H20BrFN2/c1-3-12-9-18(10(2)7-17-12)8-11-5-4-6-13(16)14(11)15/h4-6,10,12,17H,3,7-9H2,1-2H3. The average Bonchev–Trinajstić information content (AvgIpc) is 2.37. The van der Waals surface area contributed by atoms with Crippen LogP contribution in [0.15, 0.2) is 22.7 Å². The molecular formula is C14H20BrFN2.